The third-order valence-corrected chi connectivity index (χ3v) is 14.0. The van der Waals surface area contributed by atoms with Gasteiger partial charge in [0.25, 0.3) is 15.9 Å². The van der Waals surface area contributed by atoms with E-state index in [-0.39, 0.29) is 22.7 Å². The Labute approximate surface area is 263 Å². The fraction of sp³-hybridized carbons (Fsp3) is 0.765. The van der Waals surface area contributed by atoms with E-state index in [1.807, 2.05) is 4.72 Å². The molecule has 1 aromatic carbocycles. The highest BCUT2D eigenvalue weighted by molar-refractivity contribution is 7.90. The predicted octanol–water partition coefficient (Wildman–Crippen LogP) is 5.06. The van der Waals surface area contributed by atoms with Gasteiger partial charge in [-0.3, -0.25) is 9.59 Å². The number of hydrogen-bond acceptors (Lipinski definition) is 7. The van der Waals surface area contributed by atoms with Crippen LogP contribution >= 0.6 is 0 Å². The molecule has 44 heavy (non-hydrogen) atoms. The summed E-state index contributed by atoms with van der Waals surface area (Å²) in [4.78, 5) is 25.0. The Morgan fingerprint density at radius 3 is 2.43 bits per heavy atom. The summed E-state index contributed by atoms with van der Waals surface area (Å²) < 4.78 is 37.9. The number of nitrogens with one attached hydrogen (secondary N) is 2. The largest absolute Gasteiger partial charge is 0.497 e. The van der Waals surface area contributed by atoms with E-state index >= 15 is 0 Å². The van der Waals surface area contributed by atoms with Gasteiger partial charge in [-0.25, -0.2) is 13.1 Å². The van der Waals surface area contributed by atoms with E-state index < -0.39 is 22.5 Å². The molecule has 0 heterocycles. The summed E-state index contributed by atoms with van der Waals surface area (Å²) in [6, 6.07) is 4.29. The molecule has 0 unspecified atom stereocenters. The van der Waals surface area contributed by atoms with Crippen LogP contribution in [0, 0.1) is 46.3 Å². The van der Waals surface area contributed by atoms with Crippen LogP contribution in [-0.4, -0.2) is 52.2 Å². The lowest BCUT2D eigenvalue weighted by atomic mass is 9.44. The first-order chi connectivity index (χ1) is 20.8. The van der Waals surface area contributed by atoms with Crippen molar-refractivity contribution in [2.24, 2.45) is 46.3 Å². The molecule has 0 aliphatic heterocycles. The zero-order chi connectivity index (χ0) is 31.9. The van der Waals surface area contributed by atoms with Crippen molar-refractivity contribution in [3.63, 3.8) is 0 Å². The van der Waals surface area contributed by atoms with Gasteiger partial charge in [0.15, 0.2) is 0 Å². The number of carbonyl (C=O) groups excluding carboxylic acids is 2. The molecule has 0 saturated heterocycles. The van der Waals surface area contributed by atoms with E-state index in [2.05, 4.69) is 26.1 Å². The van der Waals surface area contributed by atoms with E-state index in [0.717, 1.165) is 43.4 Å². The third kappa shape index (κ3) is 6.22. The zero-order valence-corrected chi connectivity index (χ0v) is 27.9. The van der Waals surface area contributed by atoms with Crippen LogP contribution in [0.3, 0.4) is 0 Å². The number of carbonyl (C=O) groups is 2. The summed E-state index contributed by atoms with van der Waals surface area (Å²) in [5.74, 6) is 3.22. The Hall–Kier alpha value is -2.33. The number of benzene rings is 1. The molecule has 9 nitrogen and oxygen atoms in total. The molecule has 0 radical (unpaired) electrons. The lowest BCUT2D eigenvalue weighted by Gasteiger charge is -2.61. The average molecular weight is 633 g/mol. The van der Waals surface area contributed by atoms with Crippen LogP contribution in [0.15, 0.2) is 23.1 Å². The number of sulfonamides is 1. The van der Waals surface area contributed by atoms with Gasteiger partial charge in [0, 0.05) is 12.5 Å². The number of aliphatic hydroxyl groups is 1. The minimum Gasteiger partial charge on any atom is -0.497 e. The van der Waals surface area contributed by atoms with Crippen molar-refractivity contribution in [1.82, 2.24) is 10.0 Å². The Bertz CT molecular complexity index is 1330. The van der Waals surface area contributed by atoms with E-state index in [4.69, 9.17) is 9.47 Å². The molecule has 9 atom stereocenters. The van der Waals surface area contributed by atoms with Gasteiger partial charge in [0.2, 0.25) is 5.91 Å². The predicted molar refractivity (Wildman–Crippen MR) is 168 cm³/mol. The number of amides is 2. The van der Waals surface area contributed by atoms with Crippen LogP contribution in [0.2, 0.25) is 0 Å². The Morgan fingerprint density at radius 1 is 0.977 bits per heavy atom. The van der Waals surface area contributed by atoms with Gasteiger partial charge in [-0.15, -0.1) is 0 Å². The molecule has 4 aliphatic carbocycles. The molecule has 3 N–H and O–H groups in total. The van der Waals surface area contributed by atoms with Crippen molar-refractivity contribution in [3.8, 4) is 11.5 Å². The maximum absolute atomic E-state index is 12.8. The van der Waals surface area contributed by atoms with E-state index in [1.165, 1.54) is 64.9 Å². The van der Waals surface area contributed by atoms with Gasteiger partial charge in [-0.2, -0.15) is 0 Å². The van der Waals surface area contributed by atoms with Gasteiger partial charge in [-0.1, -0.05) is 20.8 Å². The lowest BCUT2D eigenvalue weighted by molar-refractivity contribution is -0.130. The minimum absolute atomic E-state index is 0.0798. The average Bonchev–Trinajstić information content (AvgIpc) is 3.36. The Balaban J connectivity index is 1.12. The first-order valence-electron chi connectivity index (χ1n) is 16.5. The van der Waals surface area contributed by atoms with Crippen molar-refractivity contribution < 1.29 is 32.6 Å². The molecule has 4 saturated carbocycles. The second-order valence-electron chi connectivity index (χ2n) is 14.7. The molecule has 5 rings (SSSR count). The highest BCUT2D eigenvalue weighted by Gasteiger charge is 2.60. The number of rotatable bonds is 10. The number of aliphatic hydroxyl groups excluding tert-OH is 1. The van der Waals surface area contributed by atoms with Crippen molar-refractivity contribution in [2.75, 3.05) is 20.8 Å². The van der Waals surface area contributed by atoms with Crippen molar-refractivity contribution in [2.45, 2.75) is 102 Å². The van der Waals surface area contributed by atoms with Gasteiger partial charge in [0.1, 0.15) is 16.4 Å². The molecule has 0 spiro atoms. The normalized spacial score (nSPS) is 35.4. The van der Waals surface area contributed by atoms with E-state index in [1.54, 1.807) is 6.07 Å². The van der Waals surface area contributed by atoms with Gasteiger partial charge >= 0.3 is 0 Å². The SMILES string of the molecule is COc1ccc(OC)c(S(=O)(=O)NC(=O)CNC(=O)CC[C@@H](C)[C@H]2CC[C@H]3[C@@H]4CC[C@@H]5C[C@H](O)CC[C@]5(C)[C@H]4CC[C@]23C)c1. The zero-order valence-electron chi connectivity index (χ0n) is 27.1. The topological polar surface area (TPSA) is 131 Å². The summed E-state index contributed by atoms with van der Waals surface area (Å²) in [5.41, 5.74) is 0.667. The van der Waals surface area contributed by atoms with Crippen LogP contribution in [-0.2, 0) is 19.6 Å². The molecular weight excluding hydrogens is 580 g/mol. The maximum atomic E-state index is 12.8. The molecule has 4 aliphatic rings. The monoisotopic (exact) mass is 632 g/mol. The molecule has 2 amide bonds. The highest BCUT2D eigenvalue weighted by Crippen LogP contribution is 2.68. The number of hydrogen-bond donors (Lipinski definition) is 3. The quantitative estimate of drug-likeness (QED) is 0.329. The standard InChI is InChI=1S/C34H52N2O7S/c1-21(6-13-31(38)35-20-32(39)36-44(40,41)30-19-24(42-4)8-12-29(30)43-5)26-10-11-27-25-9-7-22-18-23(37)14-16-33(22,2)28(25)15-17-34(26,27)3/h8,12,19,21-23,25-28,37H,6-7,9-11,13-18,20H2,1-5H3,(H,35,38)(H,36,39)/t21-,22-,23-,25+,26-,27+,28+,33+,34-/m1/s1. The van der Waals surface area contributed by atoms with Gasteiger partial charge in [-0.05, 0) is 123 Å². The summed E-state index contributed by atoms with van der Waals surface area (Å²) in [7, 11) is -1.47. The number of fused-ring (bicyclic) bond motifs is 5. The van der Waals surface area contributed by atoms with Gasteiger partial charge in [0.05, 0.1) is 26.9 Å². The van der Waals surface area contributed by atoms with E-state index in [9.17, 15) is 23.1 Å². The first kappa shape index (κ1) is 33.0. The van der Waals surface area contributed by atoms with Crippen molar-refractivity contribution >= 4 is 21.8 Å². The summed E-state index contributed by atoms with van der Waals surface area (Å²) in [6.07, 6.45) is 11.6. The molecular formula is C34H52N2O7S. The lowest BCUT2D eigenvalue weighted by Crippen LogP contribution is -2.54. The Kier molecular flexibility index (Phi) is 9.62. The van der Waals surface area contributed by atoms with Gasteiger partial charge < -0.3 is 19.9 Å². The minimum atomic E-state index is -4.23. The summed E-state index contributed by atoms with van der Waals surface area (Å²) in [6.45, 7) is 6.90. The summed E-state index contributed by atoms with van der Waals surface area (Å²) in [5, 5.41) is 12.9. The Morgan fingerprint density at radius 2 is 1.70 bits per heavy atom. The van der Waals surface area contributed by atoms with E-state index in [0.29, 0.717) is 40.8 Å². The van der Waals surface area contributed by atoms with Crippen molar-refractivity contribution in [1.29, 1.82) is 0 Å². The maximum Gasteiger partial charge on any atom is 0.267 e. The second-order valence-corrected chi connectivity index (χ2v) is 16.3. The van der Waals surface area contributed by atoms with Crippen molar-refractivity contribution in [3.05, 3.63) is 18.2 Å². The number of methoxy groups -OCH3 is 2. The van der Waals surface area contributed by atoms with Crippen LogP contribution in [0.1, 0.15) is 91.4 Å². The highest BCUT2D eigenvalue weighted by atomic mass is 32.2. The number of ether oxygens (including phenoxy) is 2. The van der Waals surface area contributed by atoms with Crippen LogP contribution in [0.25, 0.3) is 0 Å². The molecule has 4 fully saturated rings. The molecule has 246 valence electrons. The molecule has 1 aromatic rings. The first-order valence-corrected chi connectivity index (χ1v) is 18.0. The second kappa shape index (κ2) is 12.8. The molecule has 0 aromatic heterocycles. The third-order valence-electron chi connectivity index (χ3n) is 12.6. The molecule has 10 heteroatoms. The fourth-order valence-electron chi connectivity index (χ4n) is 10.3. The smallest absolute Gasteiger partial charge is 0.267 e. The van der Waals surface area contributed by atoms with Crippen LogP contribution in [0.4, 0.5) is 0 Å². The van der Waals surface area contributed by atoms with Crippen LogP contribution < -0.4 is 19.5 Å². The van der Waals surface area contributed by atoms with Crippen LogP contribution in [0.5, 0.6) is 11.5 Å². The summed E-state index contributed by atoms with van der Waals surface area (Å²) >= 11 is 0. The molecule has 0 bridgehead atoms. The fourth-order valence-corrected chi connectivity index (χ4v) is 11.4.